The molecule has 4 aromatic rings. The smallest absolute Gasteiger partial charge is 0.234 e. The Morgan fingerprint density at radius 3 is 2.55 bits per heavy atom. The molecule has 1 amide bonds. The summed E-state index contributed by atoms with van der Waals surface area (Å²) in [6.45, 7) is 0. The highest BCUT2D eigenvalue weighted by Crippen LogP contribution is 2.27. The van der Waals surface area contributed by atoms with Crippen LogP contribution in [0.3, 0.4) is 0 Å². The number of hydrogen-bond donors (Lipinski definition) is 1. The van der Waals surface area contributed by atoms with E-state index in [0.29, 0.717) is 11.0 Å². The SMILES string of the molecule is O=C(CSc1nnc(-c2cccnc2)n1-c1ccccc1)Nc1ccccc1F. The van der Waals surface area contributed by atoms with Gasteiger partial charge in [0.2, 0.25) is 5.91 Å². The number of nitrogens with one attached hydrogen (secondary N) is 1. The van der Waals surface area contributed by atoms with Crippen molar-refractivity contribution in [1.82, 2.24) is 19.7 Å². The molecule has 29 heavy (non-hydrogen) atoms. The van der Waals surface area contributed by atoms with Crippen molar-refractivity contribution in [1.29, 1.82) is 0 Å². The molecule has 2 aromatic heterocycles. The average Bonchev–Trinajstić information content (AvgIpc) is 3.19. The van der Waals surface area contributed by atoms with Gasteiger partial charge in [-0.25, -0.2) is 4.39 Å². The quantitative estimate of drug-likeness (QED) is 0.487. The molecule has 0 aliphatic heterocycles. The number of carbonyl (C=O) groups is 1. The van der Waals surface area contributed by atoms with Crippen molar-refractivity contribution in [3.8, 4) is 17.1 Å². The third-order valence-corrected chi connectivity index (χ3v) is 4.98. The van der Waals surface area contributed by atoms with Crippen molar-refractivity contribution in [2.75, 3.05) is 11.1 Å². The summed E-state index contributed by atoms with van der Waals surface area (Å²) in [5, 5.41) is 11.7. The first-order chi connectivity index (χ1) is 14.2. The van der Waals surface area contributed by atoms with Crippen molar-refractivity contribution in [3.05, 3.63) is 84.9 Å². The van der Waals surface area contributed by atoms with Crippen molar-refractivity contribution < 1.29 is 9.18 Å². The van der Waals surface area contributed by atoms with E-state index in [1.54, 1.807) is 24.5 Å². The molecule has 0 radical (unpaired) electrons. The number of nitrogens with zero attached hydrogens (tertiary/aromatic N) is 4. The second-order valence-electron chi connectivity index (χ2n) is 6.04. The van der Waals surface area contributed by atoms with Gasteiger partial charge in [0.1, 0.15) is 5.82 Å². The van der Waals surface area contributed by atoms with E-state index in [0.717, 1.165) is 11.3 Å². The highest BCUT2D eigenvalue weighted by atomic mass is 32.2. The maximum atomic E-state index is 13.7. The lowest BCUT2D eigenvalue weighted by molar-refractivity contribution is -0.113. The molecular weight excluding hydrogens is 389 g/mol. The molecule has 0 bridgehead atoms. The van der Waals surface area contributed by atoms with E-state index in [-0.39, 0.29) is 17.3 Å². The van der Waals surface area contributed by atoms with E-state index < -0.39 is 5.82 Å². The largest absolute Gasteiger partial charge is 0.323 e. The monoisotopic (exact) mass is 405 g/mol. The van der Waals surface area contributed by atoms with E-state index in [1.165, 1.54) is 23.9 Å². The van der Waals surface area contributed by atoms with E-state index in [9.17, 15) is 9.18 Å². The summed E-state index contributed by atoms with van der Waals surface area (Å²) in [6.07, 6.45) is 3.40. The highest BCUT2D eigenvalue weighted by Gasteiger charge is 2.17. The summed E-state index contributed by atoms with van der Waals surface area (Å²) in [6, 6.07) is 19.4. The molecule has 0 atom stereocenters. The van der Waals surface area contributed by atoms with Crippen LogP contribution in [-0.2, 0) is 4.79 Å². The minimum absolute atomic E-state index is 0.0618. The first-order valence-electron chi connectivity index (χ1n) is 8.81. The van der Waals surface area contributed by atoms with Crippen molar-refractivity contribution >= 4 is 23.4 Å². The molecule has 0 saturated heterocycles. The molecule has 0 saturated carbocycles. The van der Waals surface area contributed by atoms with Crippen LogP contribution >= 0.6 is 11.8 Å². The Bertz CT molecular complexity index is 1120. The van der Waals surface area contributed by atoms with Gasteiger partial charge < -0.3 is 5.32 Å². The minimum atomic E-state index is -0.475. The lowest BCUT2D eigenvalue weighted by Gasteiger charge is -2.10. The zero-order chi connectivity index (χ0) is 20.1. The molecule has 0 spiro atoms. The number of pyridine rings is 1. The molecule has 0 fully saturated rings. The van der Waals surface area contributed by atoms with Gasteiger partial charge in [0.25, 0.3) is 0 Å². The number of para-hydroxylation sites is 2. The summed E-state index contributed by atoms with van der Waals surface area (Å²) in [5.41, 5.74) is 1.83. The van der Waals surface area contributed by atoms with E-state index in [4.69, 9.17) is 0 Å². The second-order valence-corrected chi connectivity index (χ2v) is 6.98. The summed E-state index contributed by atoms with van der Waals surface area (Å²) in [7, 11) is 0. The van der Waals surface area contributed by atoms with Crippen LogP contribution in [0.1, 0.15) is 0 Å². The Morgan fingerprint density at radius 2 is 1.79 bits per heavy atom. The van der Waals surface area contributed by atoms with Gasteiger partial charge in [0.15, 0.2) is 11.0 Å². The molecule has 6 nitrogen and oxygen atoms in total. The Balaban J connectivity index is 1.58. The number of amides is 1. The van der Waals surface area contributed by atoms with Crippen LogP contribution in [-0.4, -0.2) is 31.4 Å². The zero-order valence-electron chi connectivity index (χ0n) is 15.2. The van der Waals surface area contributed by atoms with Gasteiger partial charge in [-0.2, -0.15) is 0 Å². The molecule has 4 rings (SSSR count). The number of hydrogen-bond acceptors (Lipinski definition) is 5. The number of benzene rings is 2. The van der Waals surface area contributed by atoms with Gasteiger partial charge in [-0.15, -0.1) is 10.2 Å². The summed E-state index contributed by atoms with van der Waals surface area (Å²) in [5.74, 6) is -0.115. The second kappa shape index (κ2) is 8.66. The first kappa shape index (κ1) is 18.8. The number of thioether (sulfide) groups is 1. The third-order valence-electron chi connectivity index (χ3n) is 4.05. The molecular formula is C21H16FN5OS. The lowest BCUT2D eigenvalue weighted by atomic mass is 10.2. The number of carbonyl (C=O) groups excluding carboxylic acids is 1. The van der Waals surface area contributed by atoms with Crippen LogP contribution in [0.2, 0.25) is 0 Å². The van der Waals surface area contributed by atoms with Crippen LogP contribution in [0.5, 0.6) is 0 Å². The first-order valence-corrected chi connectivity index (χ1v) is 9.79. The lowest BCUT2D eigenvalue weighted by Crippen LogP contribution is -2.15. The third kappa shape index (κ3) is 4.33. The minimum Gasteiger partial charge on any atom is -0.323 e. The normalized spacial score (nSPS) is 10.7. The Morgan fingerprint density at radius 1 is 1.00 bits per heavy atom. The Kier molecular flexibility index (Phi) is 5.62. The predicted octanol–water partition coefficient (Wildman–Crippen LogP) is 4.20. The van der Waals surface area contributed by atoms with Gasteiger partial charge >= 0.3 is 0 Å². The fourth-order valence-corrected chi connectivity index (χ4v) is 3.49. The van der Waals surface area contributed by atoms with E-state index in [2.05, 4.69) is 20.5 Å². The predicted molar refractivity (Wildman–Crippen MR) is 110 cm³/mol. The summed E-state index contributed by atoms with van der Waals surface area (Å²) >= 11 is 1.23. The fourth-order valence-electron chi connectivity index (χ4n) is 2.73. The van der Waals surface area contributed by atoms with Crippen LogP contribution in [0.15, 0.2) is 84.3 Å². The van der Waals surface area contributed by atoms with Crippen LogP contribution in [0.4, 0.5) is 10.1 Å². The van der Waals surface area contributed by atoms with Crippen LogP contribution in [0.25, 0.3) is 17.1 Å². The number of halogens is 1. The van der Waals surface area contributed by atoms with E-state index in [1.807, 2.05) is 47.0 Å². The summed E-state index contributed by atoms with van der Waals surface area (Å²) < 4.78 is 15.6. The van der Waals surface area contributed by atoms with Crippen LogP contribution < -0.4 is 5.32 Å². The standard InChI is InChI=1S/C21H16FN5OS/c22-17-10-4-5-11-18(17)24-19(28)14-29-21-26-25-20(15-7-6-12-23-13-15)27(21)16-8-2-1-3-9-16/h1-13H,14H2,(H,24,28). The van der Waals surface area contributed by atoms with Crippen molar-refractivity contribution in [2.45, 2.75) is 5.16 Å². The zero-order valence-corrected chi connectivity index (χ0v) is 16.0. The van der Waals surface area contributed by atoms with Gasteiger partial charge in [0.05, 0.1) is 11.4 Å². The molecule has 0 unspecified atom stereocenters. The van der Waals surface area contributed by atoms with Gasteiger partial charge in [0, 0.05) is 23.6 Å². The van der Waals surface area contributed by atoms with E-state index >= 15 is 0 Å². The Labute approximate surface area is 170 Å². The van der Waals surface area contributed by atoms with Crippen molar-refractivity contribution in [3.63, 3.8) is 0 Å². The van der Waals surface area contributed by atoms with Gasteiger partial charge in [-0.3, -0.25) is 14.3 Å². The maximum absolute atomic E-state index is 13.7. The van der Waals surface area contributed by atoms with Crippen LogP contribution in [0, 0.1) is 5.82 Å². The number of anilines is 1. The molecule has 2 heterocycles. The maximum Gasteiger partial charge on any atom is 0.234 e. The Hall–Kier alpha value is -3.52. The molecule has 2 aromatic carbocycles. The van der Waals surface area contributed by atoms with Gasteiger partial charge in [-0.1, -0.05) is 42.1 Å². The number of aromatic nitrogens is 4. The fraction of sp³-hybridized carbons (Fsp3) is 0.0476. The molecule has 0 aliphatic carbocycles. The van der Waals surface area contributed by atoms with Crippen molar-refractivity contribution in [2.24, 2.45) is 0 Å². The average molecular weight is 405 g/mol. The molecule has 8 heteroatoms. The topological polar surface area (TPSA) is 72.7 Å². The summed E-state index contributed by atoms with van der Waals surface area (Å²) in [4.78, 5) is 16.4. The molecule has 144 valence electrons. The van der Waals surface area contributed by atoms with Gasteiger partial charge in [-0.05, 0) is 36.4 Å². The molecule has 1 N–H and O–H groups in total. The highest BCUT2D eigenvalue weighted by molar-refractivity contribution is 7.99. The molecule has 0 aliphatic rings. The number of rotatable bonds is 6.